The lowest BCUT2D eigenvalue weighted by molar-refractivity contribution is -0.144. The summed E-state index contributed by atoms with van der Waals surface area (Å²) in [6, 6.07) is 8.14. The molecule has 0 saturated carbocycles. The van der Waals surface area contributed by atoms with E-state index in [-0.39, 0.29) is 24.8 Å². The third kappa shape index (κ3) is 4.63. The number of hydrogen-bond donors (Lipinski definition) is 0. The van der Waals surface area contributed by atoms with E-state index in [0.717, 1.165) is 0 Å². The van der Waals surface area contributed by atoms with Crippen LogP contribution in [0.2, 0.25) is 0 Å². The number of rotatable bonds is 9. The van der Waals surface area contributed by atoms with E-state index in [0.29, 0.717) is 39.9 Å². The Labute approximate surface area is 179 Å². The largest absolute Gasteiger partial charge is 0.493 e. The number of ether oxygens (including phenoxy) is 6. The summed E-state index contributed by atoms with van der Waals surface area (Å²) in [5.74, 6) is 1.30. The molecule has 0 unspecified atom stereocenters. The molecule has 0 N–H and O–H groups in total. The van der Waals surface area contributed by atoms with Crippen molar-refractivity contribution in [3.8, 4) is 28.7 Å². The Morgan fingerprint density at radius 2 is 1.84 bits per heavy atom. The predicted molar refractivity (Wildman–Crippen MR) is 112 cm³/mol. The fraction of sp³-hybridized carbons (Fsp3) is 0.217. The Hall–Kier alpha value is -3.94. The molecule has 0 atom stereocenters. The minimum absolute atomic E-state index is 0.109. The summed E-state index contributed by atoms with van der Waals surface area (Å²) >= 11 is 0. The molecule has 2 aromatic rings. The molecule has 0 spiro atoms. The van der Waals surface area contributed by atoms with Gasteiger partial charge >= 0.3 is 5.97 Å². The molecule has 0 radical (unpaired) electrons. The van der Waals surface area contributed by atoms with Crippen LogP contribution in [0.5, 0.6) is 28.7 Å². The van der Waals surface area contributed by atoms with E-state index < -0.39 is 5.97 Å². The van der Waals surface area contributed by atoms with Gasteiger partial charge in [-0.3, -0.25) is 4.79 Å². The highest BCUT2D eigenvalue weighted by atomic mass is 16.6. The SMILES string of the molecule is C=CCOC(=O)COc1ccc2c(c1)O/C(=C\c1ccc(OC)c(OC)c1OC)C2=O. The van der Waals surface area contributed by atoms with Gasteiger partial charge in [-0.2, -0.15) is 0 Å². The van der Waals surface area contributed by atoms with Crippen LogP contribution < -0.4 is 23.7 Å². The molecule has 0 amide bonds. The number of benzene rings is 2. The predicted octanol–water partition coefficient (Wildman–Crippen LogP) is 3.44. The Balaban J connectivity index is 1.82. The highest BCUT2D eigenvalue weighted by molar-refractivity contribution is 6.14. The third-order valence-electron chi connectivity index (χ3n) is 4.38. The molecule has 2 aromatic carbocycles. The van der Waals surface area contributed by atoms with Crippen molar-refractivity contribution in [1.82, 2.24) is 0 Å². The van der Waals surface area contributed by atoms with Crippen LogP contribution >= 0.6 is 0 Å². The van der Waals surface area contributed by atoms with Crippen LogP contribution in [0.15, 0.2) is 48.7 Å². The molecule has 162 valence electrons. The maximum absolute atomic E-state index is 12.8. The molecule has 0 bridgehead atoms. The fourth-order valence-corrected chi connectivity index (χ4v) is 2.97. The van der Waals surface area contributed by atoms with E-state index in [2.05, 4.69) is 6.58 Å². The lowest BCUT2D eigenvalue weighted by atomic mass is 10.1. The number of carbonyl (C=O) groups is 2. The van der Waals surface area contributed by atoms with E-state index in [4.69, 9.17) is 28.4 Å². The fourth-order valence-electron chi connectivity index (χ4n) is 2.97. The normalized spacial score (nSPS) is 13.3. The van der Waals surface area contributed by atoms with Crippen molar-refractivity contribution in [2.45, 2.75) is 0 Å². The number of methoxy groups -OCH3 is 3. The number of Topliss-reactive ketones (excluding diaryl/α,β-unsaturated/α-hetero) is 1. The summed E-state index contributed by atoms with van der Waals surface area (Å²) in [5.41, 5.74) is 0.963. The zero-order valence-corrected chi connectivity index (χ0v) is 17.4. The quantitative estimate of drug-likeness (QED) is 0.342. The molecule has 8 nitrogen and oxygen atoms in total. The first-order valence-corrected chi connectivity index (χ1v) is 9.29. The van der Waals surface area contributed by atoms with Gasteiger partial charge in [0.1, 0.15) is 18.1 Å². The topological polar surface area (TPSA) is 89.5 Å². The molecule has 0 saturated heterocycles. The van der Waals surface area contributed by atoms with E-state index in [1.54, 1.807) is 36.4 Å². The molecule has 31 heavy (non-hydrogen) atoms. The molecular formula is C23H22O8. The lowest BCUT2D eigenvalue weighted by Gasteiger charge is -2.14. The highest BCUT2D eigenvalue weighted by Crippen LogP contribution is 2.42. The van der Waals surface area contributed by atoms with Crippen LogP contribution in [0.1, 0.15) is 15.9 Å². The Morgan fingerprint density at radius 3 is 2.52 bits per heavy atom. The summed E-state index contributed by atoms with van der Waals surface area (Å²) < 4.78 is 32.1. The van der Waals surface area contributed by atoms with Gasteiger partial charge in [0.25, 0.3) is 0 Å². The van der Waals surface area contributed by atoms with Crippen LogP contribution in [-0.2, 0) is 9.53 Å². The van der Waals surface area contributed by atoms with Crippen LogP contribution in [0.3, 0.4) is 0 Å². The molecule has 0 aromatic heterocycles. The van der Waals surface area contributed by atoms with Crippen molar-refractivity contribution in [3.05, 3.63) is 59.9 Å². The summed E-state index contributed by atoms with van der Waals surface area (Å²) in [5, 5.41) is 0. The monoisotopic (exact) mass is 426 g/mol. The molecular weight excluding hydrogens is 404 g/mol. The molecule has 1 aliphatic rings. The smallest absolute Gasteiger partial charge is 0.344 e. The van der Waals surface area contributed by atoms with Gasteiger partial charge in [-0.15, -0.1) is 0 Å². The molecule has 3 rings (SSSR count). The van der Waals surface area contributed by atoms with Crippen molar-refractivity contribution in [2.75, 3.05) is 34.5 Å². The van der Waals surface area contributed by atoms with E-state index in [9.17, 15) is 9.59 Å². The van der Waals surface area contributed by atoms with Gasteiger partial charge in [-0.25, -0.2) is 4.79 Å². The van der Waals surface area contributed by atoms with Crippen LogP contribution in [0, 0.1) is 0 Å². The first-order chi connectivity index (χ1) is 15.0. The lowest BCUT2D eigenvalue weighted by Crippen LogP contribution is -2.14. The van der Waals surface area contributed by atoms with Gasteiger partial charge in [0.05, 0.1) is 26.9 Å². The maximum Gasteiger partial charge on any atom is 0.344 e. The Kier molecular flexibility index (Phi) is 6.81. The molecule has 0 aliphatic carbocycles. The zero-order chi connectivity index (χ0) is 22.4. The number of esters is 1. The van der Waals surface area contributed by atoms with Gasteiger partial charge in [-0.1, -0.05) is 12.7 Å². The number of ketones is 1. The average molecular weight is 426 g/mol. The molecule has 1 heterocycles. The Bertz CT molecular complexity index is 1040. The number of fused-ring (bicyclic) bond motifs is 1. The summed E-state index contributed by atoms with van der Waals surface area (Å²) in [6.07, 6.45) is 3.03. The second-order valence-electron chi connectivity index (χ2n) is 6.28. The highest BCUT2D eigenvalue weighted by Gasteiger charge is 2.28. The van der Waals surface area contributed by atoms with Crippen LogP contribution in [0.4, 0.5) is 0 Å². The van der Waals surface area contributed by atoms with E-state index in [1.165, 1.54) is 27.4 Å². The minimum atomic E-state index is -0.529. The number of allylic oxidation sites excluding steroid dienone is 1. The van der Waals surface area contributed by atoms with Crippen molar-refractivity contribution in [1.29, 1.82) is 0 Å². The Morgan fingerprint density at radius 1 is 1.06 bits per heavy atom. The number of hydrogen-bond acceptors (Lipinski definition) is 8. The summed E-state index contributed by atoms with van der Waals surface area (Å²) in [7, 11) is 4.52. The second kappa shape index (κ2) is 9.71. The van der Waals surface area contributed by atoms with Crippen LogP contribution in [-0.4, -0.2) is 46.3 Å². The molecule has 1 aliphatic heterocycles. The zero-order valence-electron chi connectivity index (χ0n) is 17.4. The second-order valence-corrected chi connectivity index (χ2v) is 6.28. The average Bonchev–Trinajstić information content (AvgIpc) is 3.10. The van der Waals surface area contributed by atoms with Gasteiger partial charge in [0, 0.05) is 11.6 Å². The van der Waals surface area contributed by atoms with Gasteiger partial charge < -0.3 is 28.4 Å². The van der Waals surface area contributed by atoms with Gasteiger partial charge in [0.2, 0.25) is 11.5 Å². The first kappa shape index (κ1) is 21.8. The molecule has 0 fully saturated rings. The van der Waals surface area contributed by atoms with Crippen LogP contribution in [0.25, 0.3) is 6.08 Å². The summed E-state index contributed by atoms with van der Waals surface area (Å²) in [4.78, 5) is 24.3. The van der Waals surface area contributed by atoms with Crippen molar-refractivity contribution in [3.63, 3.8) is 0 Å². The van der Waals surface area contributed by atoms with E-state index in [1.807, 2.05) is 0 Å². The molecule has 8 heteroatoms. The van der Waals surface area contributed by atoms with Crippen molar-refractivity contribution < 1.29 is 38.0 Å². The standard InChI is InChI=1S/C23H22O8/c1-5-10-29-20(24)13-30-15-7-8-16-18(12-15)31-19(21(16)25)11-14-6-9-17(26-2)23(28-4)22(14)27-3/h5-9,11-12H,1,10,13H2,2-4H3/b19-11-. The minimum Gasteiger partial charge on any atom is -0.493 e. The van der Waals surface area contributed by atoms with Crippen molar-refractivity contribution in [2.24, 2.45) is 0 Å². The third-order valence-corrected chi connectivity index (χ3v) is 4.38. The summed E-state index contributed by atoms with van der Waals surface area (Å²) in [6.45, 7) is 3.31. The van der Waals surface area contributed by atoms with Gasteiger partial charge in [0.15, 0.2) is 23.9 Å². The van der Waals surface area contributed by atoms with Crippen molar-refractivity contribution >= 4 is 17.8 Å². The van der Waals surface area contributed by atoms with Gasteiger partial charge in [-0.05, 0) is 30.3 Å². The first-order valence-electron chi connectivity index (χ1n) is 9.29. The van der Waals surface area contributed by atoms with E-state index >= 15 is 0 Å². The maximum atomic E-state index is 12.8. The number of carbonyl (C=O) groups excluding carboxylic acids is 2.